The molecule has 0 spiro atoms. The first-order valence-electron chi connectivity index (χ1n) is 9.68. The Bertz CT molecular complexity index is 1270. The van der Waals surface area contributed by atoms with Crippen LogP contribution in [0.1, 0.15) is 17.0 Å². The van der Waals surface area contributed by atoms with Crippen LogP contribution in [-0.2, 0) is 16.0 Å². The van der Waals surface area contributed by atoms with Gasteiger partial charge in [0.15, 0.2) is 5.82 Å². The number of rotatable bonds is 5. The van der Waals surface area contributed by atoms with Gasteiger partial charge in [0.25, 0.3) is 0 Å². The quantitative estimate of drug-likeness (QED) is 0.500. The van der Waals surface area contributed by atoms with Crippen molar-refractivity contribution >= 4 is 45.0 Å². The molecule has 0 bridgehead atoms. The number of benzene rings is 2. The predicted molar refractivity (Wildman–Crippen MR) is 114 cm³/mol. The van der Waals surface area contributed by atoms with Crippen LogP contribution in [0, 0.1) is 11.7 Å². The molecule has 2 aromatic carbocycles. The molecule has 1 aliphatic heterocycles. The van der Waals surface area contributed by atoms with Gasteiger partial charge in [-0.1, -0.05) is 47.7 Å². The van der Waals surface area contributed by atoms with Gasteiger partial charge in [0.1, 0.15) is 10.8 Å². The van der Waals surface area contributed by atoms with Crippen LogP contribution >= 0.6 is 11.3 Å². The lowest BCUT2D eigenvalue weighted by atomic mass is 10.1. The third-order valence-electron chi connectivity index (χ3n) is 5.17. The molecule has 1 atom stereocenters. The van der Waals surface area contributed by atoms with E-state index in [4.69, 9.17) is 0 Å². The van der Waals surface area contributed by atoms with E-state index in [0.29, 0.717) is 17.1 Å². The molecule has 31 heavy (non-hydrogen) atoms. The second-order valence-corrected chi connectivity index (χ2v) is 8.33. The topological polar surface area (TPSA) is 104 Å². The Morgan fingerprint density at radius 2 is 2.03 bits per heavy atom. The van der Waals surface area contributed by atoms with Crippen molar-refractivity contribution in [3.63, 3.8) is 0 Å². The lowest BCUT2D eigenvalue weighted by Gasteiger charge is -2.14. The summed E-state index contributed by atoms with van der Waals surface area (Å²) in [6, 6.07) is 14.4. The van der Waals surface area contributed by atoms with Crippen LogP contribution in [-0.4, -0.2) is 38.8 Å². The van der Waals surface area contributed by atoms with E-state index in [9.17, 15) is 14.0 Å². The lowest BCUT2D eigenvalue weighted by Crippen LogP contribution is -2.28. The second-order valence-electron chi connectivity index (χ2n) is 7.27. The minimum absolute atomic E-state index is 0.0182. The fourth-order valence-electron chi connectivity index (χ4n) is 3.65. The maximum absolute atomic E-state index is 14.3. The molecule has 0 unspecified atom stereocenters. The summed E-state index contributed by atoms with van der Waals surface area (Å²) in [5.74, 6) is -1.46. The fourth-order valence-corrected chi connectivity index (χ4v) is 4.43. The average molecular weight is 436 g/mol. The summed E-state index contributed by atoms with van der Waals surface area (Å²) < 4.78 is 14.3. The van der Waals surface area contributed by atoms with Crippen LogP contribution in [0.25, 0.3) is 10.9 Å². The van der Waals surface area contributed by atoms with Gasteiger partial charge in [-0.05, 0) is 17.7 Å². The normalized spacial score (nSPS) is 16.2. The summed E-state index contributed by atoms with van der Waals surface area (Å²) in [6.07, 6.45) is 0.645. The summed E-state index contributed by atoms with van der Waals surface area (Å²) >= 11 is 1.30. The van der Waals surface area contributed by atoms with Gasteiger partial charge >= 0.3 is 0 Å². The Morgan fingerprint density at radius 1 is 1.19 bits per heavy atom. The monoisotopic (exact) mass is 436 g/mol. The van der Waals surface area contributed by atoms with E-state index < -0.39 is 11.7 Å². The van der Waals surface area contributed by atoms with E-state index in [-0.39, 0.29) is 36.0 Å². The first-order valence-corrected chi connectivity index (χ1v) is 10.5. The van der Waals surface area contributed by atoms with Crippen LogP contribution in [0.15, 0.2) is 48.5 Å². The molecule has 2 aromatic heterocycles. The molecule has 5 rings (SSSR count). The zero-order valence-electron chi connectivity index (χ0n) is 16.2. The van der Waals surface area contributed by atoms with Crippen molar-refractivity contribution in [2.24, 2.45) is 5.92 Å². The van der Waals surface area contributed by atoms with Crippen molar-refractivity contribution in [2.75, 3.05) is 16.8 Å². The summed E-state index contributed by atoms with van der Waals surface area (Å²) in [6.45, 7) is 0.120. The fraction of sp³-hybridized carbons (Fsp3) is 0.190. The van der Waals surface area contributed by atoms with Crippen molar-refractivity contribution in [2.45, 2.75) is 12.8 Å². The zero-order valence-corrected chi connectivity index (χ0v) is 17.0. The van der Waals surface area contributed by atoms with Gasteiger partial charge in [0.2, 0.25) is 16.9 Å². The highest BCUT2D eigenvalue weighted by Gasteiger charge is 2.37. The van der Waals surface area contributed by atoms with E-state index in [2.05, 4.69) is 25.7 Å². The summed E-state index contributed by atoms with van der Waals surface area (Å²) in [7, 11) is 0. The van der Waals surface area contributed by atoms with Crippen molar-refractivity contribution in [3.8, 4) is 0 Å². The molecular formula is C21H17FN6O2S. The molecule has 1 aliphatic rings. The van der Waals surface area contributed by atoms with Crippen molar-refractivity contribution in [3.05, 3.63) is 64.9 Å². The predicted octanol–water partition coefficient (Wildman–Crippen LogP) is 3.14. The highest BCUT2D eigenvalue weighted by molar-refractivity contribution is 7.15. The molecule has 0 aliphatic carbocycles. The Labute approximate surface area is 180 Å². The van der Waals surface area contributed by atoms with E-state index in [0.717, 1.165) is 10.6 Å². The summed E-state index contributed by atoms with van der Waals surface area (Å²) in [5, 5.41) is 19.2. The van der Waals surface area contributed by atoms with Gasteiger partial charge in [-0.25, -0.2) is 4.39 Å². The largest absolute Gasteiger partial charge is 0.300 e. The number of aromatic nitrogens is 4. The third-order valence-corrected chi connectivity index (χ3v) is 6.00. The maximum atomic E-state index is 14.3. The number of hydrogen-bond donors (Lipinski definition) is 2. The molecule has 2 amide bonds. The first-order chi connectivity index (χ1) is 15.1. The molecule has 4 aromatic rings. The van der Waals surface area contributed by atoms with E-state index in [1.165, 1.54) is 22.3 Å². The number of aromatic amines is 1. The number of halogens is 1. The van der Waals surface area contributed by atoms with Crippen LogP contribution in [0.3, 0.4) is 0 Å². The average Bonchev–Trinajstić information content (AvgIpc) is 3.48. The lowest BCUT2D eigenvalue weighted by molar-refractivity contribution is -0.122. The van der Waals surface area contributed by atoms with Crippen LogP contribution < -0.4 is 10.2 Å². The Kier molecular flexibility index (Phi) is 4.91. The van der Waals surface area contributed by atoms with Gasteiger partial charge in [-0.15, -0.1) is 10.2 Å². The highest BCUT2D eigenvalue weighted by atomic mass is 32.1. The Balaban J connectivity index is 1.27. The number of fused-ring (bicyclic) bond motifs is 1. The molecule has 3 heterocycles. The van der Waals surface area contributed by atoms with Crippen molar-refractivity contribution in [1.82, 2.24) is 20.4 Å². The second kappa shape index (κ2) is 7.88. The first kappa shape index (κ1) is 19.3. The molecule has 0 saturated carbocycles. The highest BCUT2D eigenvalue weighted by Crippen LogP contribution is 2.32. The van der Waals surface area contributed by atoms with Crippen molar-refractivity contribution in [1.29, 1.82) is 0 Å². The number of carbonyl (C=O) groups excluding carboxylic acids is 2. The number of carbonyl (C=O) groups is 2. The molecule has 8 nitrogen and oxygen atoms in total. The minimum atomic E-state index is -0.590. The van der Waals surface area contributed by atoms with Crippen molar-refractivity contribution < 1.29 is 14.0 Å². The van der Waals surface area contributed by atoms with E-state index in [1.807, 2.05) is 30.3 Å². The van der Waals surface area contributed by atoms with Gasteiger partial charge in [0, 0.05) is 19.4 Å². The van der Waals surface area contributed by atoms with Gasteiger partial charge in [0.05, 0.1) is 16.8 Å². The zero-order chi connectivity index (χ0) is 21.4. The van der Waals surface area contributed by atoms with Crippen LogP contribution in [0.5, 0.6) is 0 Å². The maximum Gasteiger partial charge on any atom is 0.231 e. The SMILES string of the molecule is O=C(Nc1nnc(Cc2ccccc2)s1)[C@@H]1CC(=O)N(c2n[nH]c3cccc(F)c23)C1. The van der Waals surface area contributed by atoms with Crippen LogP contribution in [0.2, 0.25) is 0 Å². The Morgan fingerprint density at radius 3 is 2.87 bits per heavy atom. The molecule has 156 valence electrons. The summed E-state index contributed by atoms with van der Waals surface area (Å²) in [4.78, 5) is 26.6. The number of amides is 2. The van der Waals surface area contributed by atoms with E-state index in [1.54, 1.807) is 12.1 Å². The minimum Gasteiger partial charge on any atom is -0.300 e. The Hall–Kier alpha value is -3.66. The van der Waals surface area contributed by atoms with Crippen LogP contribution in [0.4, 0.5) is 15.3 Å². The number of nitrogens with zero attached hydrogens (tertiary/aromatic N) is 4. The number of H-pyrrole nitrogens is 1. The number of nitrogens with one attached hydrogen (secondary N) is 2. The molecule has 2 N–H and O–H groups in total. The molecule has 1 saturated heterocycles. The molecule has 10 heteroatoms. The standard InChI is InChI=1S/C21H17FN6O2S/c22-14-7-4-8-15-18(14)19(26-24-15)28-11-13(10-17(28)29)20(30)23-21-27-25-16(31-21)9-12-5-2-1-3-6-12/h1-8,13H,9-11H2,(H,24,26)(H,23,27,30)/t13-/m1/s1. The third kappa shape index (κ3) is 3.77. The van der Waals surface area contributed by atoms with Gasteiger partial charge in [-0.2, -0.15) is 5.10 Å². The summed E-state index contributed by atoms with van der Waals surface area (Å²) in [5.41, 5.74) is 1.60. The smallest absolute Gasteiger partial charge is 0.231 e. The van der Waals surface area contributed by atoms with Gasteiger partial charge < -0.3 is 5.32 Å². The molecular weight excluding hydrogens is 419 g/mol. The van der Waals surface area contributed by atoms with E-state index >= 15 is 0 Å². The van der Waals surface area contributed by atoms with Gasteiger partial charge in [-0.3, -0.25) is 19.6 Å². The molecule has 1 fully saturated rings. The number of anilines is 2. The molecule has 0 radical (unpaired) electrons. The number of hydrogen-bond acceptors (Lipinski definition) is 6.